The van der Waals surface area contributed by atoms with E-state index in [1.807, 2.05) is 54.7 Å². The van der Waals surface area contributed by atoms with Crippen molar-refractivity contribution in [2.75, 3.05) is 26.2 Å². The first-order valence-electron chi connectivity index (χ1n) is 13.1. The van der Waals surface area contributed by atoms with Crippen LogP contribution in [0.3, 0.4) is 0 Å². The summed E-state index contributed by atoms with van der Waals surface area (Å²) >= 11 is 0. The molecule has 2 aromatic carbocycles. The molecule has 2 N–H and O–H groups in total. The topological polar surface area (TPSA) is 86.8 Å². The highest BCUT2D eigenvalue weighted by molar-refractivity contribution is 5.94. The molecule has 1 aliphatic rings. The number of unbranched alkanes of at least 4 members (excludes halogenated alkanes) is 2. The minimum atomic E-state index is -0.0407. The van der Waals surface area contributed by atoms with Gasteiger partial charge in [-0.2, -0.15) is 0 Å². The normalized spacial score (nSPS) is 13.9. The smallest absolute Gasteiger partial charge is 0.251 e. The molecule has 0 radical (unpaired) electrons. The van der Waals surface area contributed by atoms with E-state index in [0.29, 0.717) is 12.1 Å². The molecule has 1 amide bonds. The van der Waals surface area contributed by atoms with Gasteiger partial charge < -0.3 is 15.2 Å². The number of hydrogen-bond acceptors (Lipinski definition) is 5. The minimum Gasteiger partial charge on any atom is -0.351 e. The summed E-state index contributed by atoms with van der Waals surface area (Å²) < 4.78 is 0. The lowest BCUT2D eigenvalue weighted by molar-refractivity contribution is 0.0950. The summed E-state index contributed by atoms with van der Waals surface area (Å²) in [5.41, 5.74) is 6.00. The number of carbonyl (C=O) groups is 1. The summed E-state index contributed by atoms with van der Waals surface area (Å²) in [5, 5.41) is 3.04. The Morgan fingerprint density at radius 1 is 1.03 bits per heavy atom. The SMILES string of the molecule is CCCCCc1ncc(-c2ccc(C(=O)NCCN3CCCC3)cc2)nc1-c1nc2ccccc2[nH]1. The van der Waals surface area contributed by atoms with Crippen LogP contribution in [0.25, 0.3) is 33.8 Å². The van der Waals surface area contributed by atoms with Crippen LogP contribution in [0.15, 0.2) is 54.7 Å². The number of rotatable bonds is 10. The quantitative estimate of drug-likeness (QED) is 0.302. The van der Waals surface area contributed by atoms with Gasteiger partial charge in [0.2, 0.25) is 0 Å². The van der Waals surface area contributed by atoms with E-state index in [-0.39, 0.29) is 5.91 Å². The van der Waals surface area contributed by atoms with Gasteiger partial charge in [0.05, 0.1) is 28.6 Å². The molecule has 0 bridgehead atoms. The van der Waals surface area contributed by atoms with Gasteiger partial charge in [0.1, 0.15) is 5.69 Å². The average Bonchev–Trinajstić information content (AvgIpc) is 3.59. The molecule has 36 heavy (non-hydrogen) atoms. The Labute approximate surface area is 212 Å². The van der Waals surface area contributed by atoms with Crippen LogP contribution in [-0.4, -0.2) is 56.9 Å². The molecule has 1 fully saturated rings. The highest BCUT2D eigenvalue weighted by Crippen LogP contribution is 2.26. The van der Waals surface area contributed by atoms with Crippen LogP contribution in [0.1, 0.15) is 55.1 Å². The van der Waals surface area contributed by atoms with E-state index in [1.165, 1.54) is 12.8 Å². The molecule has 186 valence electrons. The Balaban J connectivity index is 1.34. The van der Waals surface area contributed by atoms with Crippen molar-refractivity contribution in [3.63, 3.8) is 0 Å². The van der Waals surface area contributed by atoms with E-state index in [2.05, 4.69) is 22.1 Å². The van der Waals surface area contributed by atoms with Gasteiger partial charge in [-0.1, -0.05) is 44.0 Å². The Morgan fingerprint density at radius 2 is 1.83 bits per heavy atom. The molecule has 0 saturated carbocycles. The summed E-state index contributed by atoms with van der Waals surface area (Å²) in [6.07, 6.45) is 8.60. The maximum Gasteiger partial charge on any atom is 0.251 e. The molecule has 3 heterocycles. The third-order valence-corrected chi connectivity index (χ3v) is 6.83. The number of imidazole rings is 1. The summed E-state index contributed by atoms with van der Waals surface area (Å²) in [6.45, 7) is 6.06. The minimum absolute atomic E-state index is 0.0407. The van der Waals surface area contributed by atoms with Gasteiger partial charge >= 0.3 is 0 Å². The number of amides is 1. The lowest BCUT2D eigenvalue weighted by Crippen LogP contribution is -2.33. The third kappa shape index (κ3) is 5.62. The van der Waals surface area contributed by atoms with Crippen LogP contribution in [0.4, 0.5) is 0 Å². The van der Waals surface area contributed by atoms with E-state index in [0.717, 1.165) is 84.8 Å². The van der Waals surface area contributed by atoms with Crippen LogP contribution in [0.5, 0.6) is 0 Å². The fraction of sp³-hybridized carbons (Fsp3) is 0.379. The van der Waals surface area contributed by atoms with Crippen molar-refractivity contribution >= 4 is 16.9 Å². The molecule has 1 aliphatic heterocycles. The third-order valence-electron chi connectivity index (χ3n) is 6.83. The summed E-state index contributed by atoms with van der Waals surface area (Å²) in [6, 6.07) is 15.6. The second-order valence-corrected chi connectivity index (χ2v) is 9.49. The van der Waals surface area contributed by atoms with E-state index in [1.54, 1.807) is 0 Å². The molecule has 0 aliphatic carbocycles. The van der Waals surface area contributed by atoms with Gasteiger partial charge in [0.25, 0.3) is 5.91 Å². The molecule has 4 aromatic rings. The van der Waals surface area contributed by atoms with Crippen molar-refractivity contribution in [2.24, 2.45) is 0 Å². The van der Waals surface area contributed by atoms with Crippen LogP contribution in [-0.2, 0) is 6.42 Å². The number of benzene rings is 2. The number of hydrogen-bond donors (Lipinski definition) is 2. The van der Waals surface area contributed by atoms with Crippen LogP contribution in [0, 0.1) is 0 Å². The lowest BCUT2D eigenvalue weighted by Gasteiger charge is -2.14. The molecule has 0 spiro atoms. The molecule has 0 atom stereocenters. The number of aromatic amines is 1. The molecular weight excluding hydrogens is 448 g/mol. The zero-order valence-corrected chi connectivity index (χ0v) is 21.0. The summed E-state index contributed by atoms with van der Waals surface area (Å²) in [4.78, 5) is 33.0. The van der Waals surface area contributed by atoms with Crippen LogP contribution in [0.2, 0.25) is 0 Å². The van der Waals surface area contributed by atoms with Crippen LogP contribution < -0.4 is 5.32 Å². The zero-order valence-electron chi connectivity index (χ0n) is 21.0. The van der Waals surface area contributed by atoms with Gasteiger partial charge in [-0.05, 0) is 63.0 Å². The van der Waals surface area contributed by atoms with Crippen molar-refractivity contribution in [2.45, 2.75) is 45.4 Å². The van der Waals surface area contributed by atoms with Gasteiger partial charge in [0.15, 0.2) is 5.82 Å². The number of carbonyl (C=O) groups excluding carboxylic acids is 1. The van der Waals surface area contributed by atoms with Crippen molar-refractivity contribution in [3.8, 4) is 22.8 Å². The van der Waals surface area contributed by atoms with Gasteiger partial charge in [-0.3, -0.25) is 9.78 Å². The number of nitrogens with zero attached hydrogens (tertiary/aromatic N) is 4. The Morgan fingerprint density at radius 3 is 2.61 bits per heavy atom. The van der Waals surface area contributed by atoms with Gasteiger partial charge in [-0.15, -0.1) is 0 Å². The van der Waals surface area contributed by atoms with E-state index in [4.69, 9.17) is 15.0 Å². The van der Waals surface area contributed by atoms with Crippen molar-refractivity contribution in [1.82, 2.24) is 30.2 Å². The number of aromatic nitrogens is 4. The number of nitrogens with one attached hydrogen (secondary N) is 2. The number of H-pyrrole nitrogens is 1. The maximum absolute atomic E-state index is 12.6. The predicted molar refractivity (Wildman–Crippen MR) is 144 cm³/mol. The summed E-state index contributed by atoms with van der Waals surface area (Å²) in [7, 11) is 0. The molecule has 2 aromatic heterocycles. The fourth-order valence-electron chi connectivity index (χ4n) is 4.76. The zero-order chi connectivity index (χ0) is 24.7. The maximum atomic E-state index is 12.6. The van der Waals surface area contributed by atoms with E-state index >= 15 is 0 Å². The van der Waals surface area contributed by atoms with Crippen LogP contribution >= 0.6 is 0 Å². The first-order valence-corrected chi connectivity index (χ1v) is 13.1. The number of para-hydroxylation sites is 2. The molecular formula is C29H34N6O. The lowest BCUT2D eigenvalue weighted by atomic mass is 10.1. The molecule has 7 heteroatoms. The number of fused-ring (bicyclic) bond motifs is 1. The van der Waals surface area contributed by atoms with E-state index < -0.39 is 0 Å². The standard InChI is InChI=1S/C29H34N6O/c1-2-3-4-11-25-27(28-33-23-9-5-6-10-24(23)34-28)32-26(20-31-25)21-12-14-22(15-13-21)29(36)30-16-19-35-17-7-8-18-35/h5-6,9-10,12-15,20H,2-4,7-8,11,16-19H2,1H3,(H,30,36)(H,33,34). The highest BCUT2D eigenvalue weighted by Gasteiger charge is 2.16. The van der Waals surface area contributed by atoms with Crippen molar-refractivity contribution in [1.29, 1.82) is 0 Å². The number of aryl methyl sites for hydroxylation is 1. The fourth-order valence-corrected chi connectivity index (χ4v) is 4.76. The monoisotopic (exact) mass is 482 g/mol. The molecule has 1 saturated heterocycles. The largest absolute Gasteiger partial charge is 0.351 e. The first kappa shape index (κ1) is 24.1. The summed E-state index contributed by atoms with van der Waals surface area (Å²) in [5.74, 6) is 0.701. The number of likely N-dealkylation sites (tertiary alicyclic amines) is 1. The van der Waals surface area contributed by atoms with Crippen molar-refractivity contribution in [3.05, 3.63) is 66.0 Å². The Kier molecular flexibility index (Phi) is 7.67. The highest BCUT2D eigenvalue weighted by atomic mass is 16.1. The predicted octanol–water partition coefficient (Wildman–Crippen LogP) is 5.25. The second-order valence-electron chi connectivity index (χ2n) is 9.49. The molecule has 7 nitrogen and oxygen atoms in total. The Hall–Kier alpha value is -3.58. The first-order chi connectivity index (χ1) is 17.7. The Bertz CT molecular complexity index is 1270. The van der Waals surface area contributed by atoms with E-state index in [9.17, 15) is 4.79 Å². The molecule has 5 rings (SSSR count). The van der Waals surface area contributed by atoms with Gasteiger partial charge in [0, 0.05) is 24.2 Å². The molecule has 0 unspecified atom stereocenters. The van der Waals surface area contributed by atoms with Crippen molar-refractivity contribution < 1.29 is 4.79 Å². The van der Waals surface area contributed by atoms with Gasteiger partial charge in [-0.25, -0.2) is 9.97 Å². The average molecular weight is 483 g/mol. The second kappa shape index (κ2) is 11.4.